The Morgan fingerprint density at radius 1 is 1.03 bits per heavy atom. The average molecular weight is 441 g/mol. The molecule has 0 spiro atoms. The first-order valence-corrected chi connectivity index (χ1v) is 11.3. The van der Waals surface area contributed by atoms with Gasteiger partial charge in [0.15, 0.2) is 0 Å². The fourth-order valence-electron chi connectivity index (χ4n) is 4.70. The molecule has 3 heterocycles. The van der Waals surface area contributed by atoms with Gasteiger partial charge in [0.1, 0.15) is 5.82 Å². The van der Waals surface area contributed by atoms with Crippen molar-refractivity contribution in [3.8, 4) is 11.1 Å². The zero-order valence-corrected chi connectivity index (χ0v) is 18.0. The molecule has 1 saturated carbocycles. The third-order valence-electron chi connectivity index (χ3n) is 6.65. The highest BCUT2D eigenvalue weighted by molar-refractivity contribution is 5.83. The van der Waals surface area contributed by atoms with Crippen LogP contribution in [-0.4, -0.2) is 50.2 Å². The number of fused-ring (bicyclic) bond motifs is 1. The molecule has 3 N–H and O–H groups in total. The van der Waals surface area contributed by atoms with E-state index in [1.54, 1.807) is 12.4 Å². The highest BCUT2D eigenvalue weighted by atomic mass is 16.2. The van der Waals surface area contributed by atoms with Crippen LogP contribution in [0.5, 0.6) is 0 Å². The van der Waals surface area contributed by atoms with Crippen molar-refractivity contribution in [1.82, 2.24) is 30.4 Å². The average Bonchev–Trinajstić information content (AvgIpc) is 3.31. The fourth-order valence-corrected chi connectivity index (χ4v) is 4.70. The predicted molar refractivity (Wildman–Crippen MR) is 125 cm³/mol. The molecule has 2 atom stereocenters. The number of nitrogens with one attached hydrogen (secondary N) is 3. The van der Waals surface area contributed by atoms with Gasteiger partial charge in [-0.15, -0.1) is 0 Å². The highest BCUT2D eigenvalue weighted by Crippen LogP contribution is 2.38. The molecular formula is C25H24N6O2. The topological polar surface area (TPSA) is 107 Å². The summed E-state index contributed by atoms with van der Waals surface area (Å²) < 4.78 is 0. The maximum absolute atomic E-state index is 13.1. The summed E-state index contributed by atoms with van der Waals surface area (Å²) in [7, 11) is 0. The first-order chi connectivity index (χ1) is 16.2. The zero-order valence-electron chi connectivity index (χ0n) is 18.0. The number of rotatable bonds is 4. The first-order valence-electron chi connectivity index (χ1n) is 11.3. The molecular weight excluding hydrogens is 416 g/mol. The Morgan fingerprint density at radius 2 is 1.85 bits per heavy atom. The maximum atomic E-state index is 13.1. The number of H-pyrrole nitrogens is 2. The van der Waals surface area contributed by atoms with Crippen molar-refractivity contribution in [1.29, 1.82) is 0 Å². The van der Waals surface area contributed by atoms with Crippen LogP contribution < -0.4 is 10.9 Å². The van der Waals surface area contributed by atoms with Gasteiger partial charge >= 0.3 is 6.03 Å². The van der Waals surface area contributed by atoms with Crippen LogP contribution in [0.1, 0.15) is 36.1 Å². The molecule has 0 bridgehead atoms. The van der Waals surface area contributed by atoms with Gasteiger partial charge in [-0.25, -0.2) is 9.78 Å². The number of likely N-dealkylation sites (tertiary alicyclic amines) is 1. The largest absolute Gasteiger partial charge is 0.335 e. The first kappa shape index (κ1) is 19.7. The minimum absolute atomic E-state index is 0.0335. The number of hydrogen-bond acceptors (Lipinski definition) is 4. The number of hydrogen-bond donors (Lipinski definition) is 3. The van der Waals surface area contributed by atoms with Crippen molar-refractivity contribution in [3.63, 3.8) is 0 Å². The van der Waals surface area contributed by atoms with Crippen molar-refractivity contribution < 1.29 is 4.79 Å². The lowest BCUT2D eigenvalue weighted by molar-refractivity contribution is 0.207. The summed E-state index contributed by atoms with van der Waals surface area (Å²) in [6.45, 7) is 1.11. The SMILES string of the molecule is O=C(NC1CC1)N1C[C@@H](c2ccccc2)[C@H](c2nc3ccc(-c4cn[nH]c4)cc3c(=O)[nH]2)C1. The summed E-state index contributed by atoms with van der Waals surface area (Å²) in [5, 5.41) is 10.4. The minimum atomic E-state index is -0.173. The number of aromatic nitrogens is 4. The van der Waals surface area contributed by atoms with Gasteiger partial charge in [0.05, 0.1) is 17.1 Å². The van der Waals surface area contributed by atoms with Crippen LogP contribution in [0, 0.1) is 0 Å². The third-order valence-corrected chi connectivity index (χ3v) is 6.65. The molecule has 8 nitrogen and oxygen atoms in total. The Hall–Kier alpha value is -3.94. The van der Waals surface area contributed by atoms with Gasteiger partial charge in [-0.2, -0.15) is 5.10 Å². The molecule has 1 saturated heterocycles. The number of urea groups is 1. The van der Waals surface area contributed by atoms with Crippen LogP contribution in [0.4, 0.5) is 4.79 Å². The van der Waals surface area contributed by atoms with Crippen LogP contribution in [0.15, 0.2) is 65.7 Å². The minimum Gasteiger partial charge on any atom is -0.335 e. The van der Waals surface area contributed by atoms with E-state index in [1.807, 2.05) is 41.3 Å². The van der Waals surface area contributed by atoms with Crippen LogP contribution >= 0.6 is 0 Å². The lowest BCUT2D eigenvalue weighted by Crippen LogP contribution is -2.39. The van der Waals surface area contributed by atoms with Crippen molar-refractivity contribution in [3.05, 3.63) is 82.7 Å². The van der Waals surface area contributed by atoms with Crippen molar-refractivity contribution in [2.24, 2.45) is 0 Å². The molecule has 8 heteroatoms. The van der Waals surface area contributed by atoms with Crippen LogP contribution in [-0.2, 0) is 0 Å². The fraction of sp³-hybridized carbons (Fsp3) is 0.280. The Balaban J connectivity index is 1.37. The van der Waals surface area contributed by atoms with E-state index in [1.165, 1.54) is 0 Å². The molecule has 2 fully saturated rings. The normalized spacial score (nSPS) is 20.3. The van der Waals surface area contributed by atoms with Gasteiger partial charge in [0, 0.05) is 42.7 Å². The summed E-state index contributed by atoms with van der Waals surface area (Å²) in [6, 6.07) is 16.1. The van der Waals surface area contributed by atoms with Crippen LogP contribution in [0.2, 0.25) is 0 Å². The number of nitrogens with zero attached hydrogens (tertiary/aromatic N) is 3. The quantitative estimate of drug-likeness (QED) is 0.452. The summed E-state index contributed by atoms with van der Waals surface area (Å²) in [5.41, 5.74) is 3.43. The van der Waals surface area contributed by atoms with Gasteiger partial charge in [-0.1, -0.05) is 36.4 Å². The number of carbonyl (C=O) groups excluding carboxylic acids is 1. The molecule has 2 amide bonds. The number of aromatic amines is 2. The maximum Gasteiger partial charge on any atom is 0.317 e. The van der Waals surface area contributed by atoms with Gasteiger partial charge < -0.3 is 15.2 Å². The standard InChI is InChI=1S/C25H24N6O2/c32-24-19-10-16(17-11-26-27-12-17)6-9-22(19)29-23(30-24)21-14-31(25(33)28-18-7-8-18)13-20(21)15-4-2-1-3-5-15/h1-6,9-12,18,20-21H,7-8,13-14H2,(H,26,27)(H,28,33)(H,29,30,32)/t20-,21+/m0/s1. The second kappa shape index (κ2) is 7.88. The highest BCUT2D eigenvalue weighted by Gasteiger charge is 2.39. The Kier molecular flexibility index (Phi) is 4.71. The van der Waals surface area contributed by atoms with Crippen molar-refractivity contribution in [2.75, 3.05) is 13.1 Å². The Labute approximate surface area is 190 Å². The lowest BCUT2D eigenvalue weighted by atomic mass is 9.88. The van der Waals surface area contributed by atoms with Crippen LogP contribution in [0.25, 0.3) is 22.0 Å². The van der Waals surface area contributed by atoms with Gasteiger partial charge in [0.2, 0.25) is 0 Å². The van der Waals surface area contributed by atoms with E-state index >= 15 is 0 Å². The molecule has 1 aliphatic heterocycles. The number of carbonyl (C=O) groups is 1. The Morgan fingerprint density at radius 3 is 2.61 bits per heavy atom. The smallest absolute Gasteiger partial charge is 0.317 e. The summed E-state index contributed by atoms with van der Waals surface area (Å²) >= 11 is 0. The molecule has 0 unspecified atom stereocenters. The van der Waals surface area contributed by atoms with E-state index in [0.29, 0.717) is 35.9 Å². The van der Waals surface area contributed by atoms with Gasteiger partial charge in [-0.05, 0) is 36.1 Å². The van der Waals surface area contributed by atoms with E-state index in [9.17, 15) is 9.59 Å². The monoisotopic (exact) mass is 440 g/mol. The molecule has 2 aromatic heterocycles. The number of benzene rings is 2. The molecule has 0 radical (unpaired) electrons. The molecule has 2 aliphatic rings. The molecule has 4 aromatic rings. The molecule has 2 aromatic carbocycles. The Bertz CT molecular complexity index is 1360. The van der Waals surface area contributed by atoms with Crippen LogP contribution in [0.3, 0.4) is 0 Å². The van der Waals surface area contributed by atoms with E-state index in [2.05, 4.69) is 32.6 Å². The molecule has 166 valence electrons. The molecule has 6 rings (SSSR count). The van der Waals surface area contributed by atoms with Gasteiger partial charge in [0.25, 0.3) is 5.56 Å². The predicted octanol–water partition coefficient (Wildman–Crippen LogP) is 3.37. The third kappa shape index (κ3) is 3.77. The molecule has 1 aliphatic carbocycles. The lowest BCUT2D eigenvalue weighted by Gasteiger charge is -2.18. The summed E-state index contributed by atoms with van der Waals surface area (Å²) in [4.78, 5) is 35.6. The molecule has 33 heavy (non-hydrogen) atoms. The second-order valence-electron chi connectivity index (χ2n) is 8.92. The van der Waals surface area contributed by atoms with E-state index < -0.39 is 0 Å². The van der Waals surface area contributed by atoms with Gasteiger partial charge in [-0.3, -0.25) is 9.89 Å². The second-order valence-corrected chi connectivity index (χ2v) is 8.92. The van der Waals surface area contributed by atoms with Crippen molar-refractivity contribution in [2.45, 2.75) is 30.7 Å². The van der Waals surface area contributed by atoms with E-state index in [4.69, 9.17) is 4.98 Å². The van der Waals surface area contributed by atoms with Crippen molar-refractivity contribution >= 4 is 16.9 Å². The van der Waals surface area contributed by atoms with E-state index in [-0.39, 0.29) is 23.4 Å². The summed E-state index contributed by atoms with van der Waals surface area (Å²) in [5.74, 6) is 0.587. The van der Waals surface area contributed by atoms with E-state index in [0.717, 1.165) is 29.5 Å². The summed E-state index contributed by atoms with van der Waals surface area (Å²) in [6.07, 6.45) is 5.61. The number of amides is 2. The zero-order chi connectivity index (χ0) is 22.4.